The number of benzene rings is 1. The summed E-state index contributed by atoms with van der Waals surface area (Å²) in [5.41, 5.74) is 10.6. The fourth-order valence-corrected chi connectivity index (χ4v) is 3.83. The first-order chi connectivity index (χ1) is 15.3. The maximum Gasteiger partial charge on any atom is 0.251 e. The fraction of sp³-hybridized carbons (Fsp3) is 0.167. The lowest BCUT2D eigenvalue weighted by molar-refractivity contribution is 0.0950. The number of carbonyl (C=O) groups excluding carboxylic acids is 1. The summed E-state index contributed by atoms with van der Waals surface area (Å²) in [6.45, 7) is 4.13. The summed E-state index contributed by atoms with van der Waals surface area (Å²) >= 11 is 6.33. The number of nitrogens with two attached hydrogens (primary N) is 1. The lowest BCUT2D eigenvalue weighted by Gasteiger charge is -2.12. The molecule has 4 aromatic rings. The monoisotopic (exact) mass is 449 g/mol. The smallest absolute Gasteiger partial charge is 0.251 e. The van der Waals surface area contributed by atoms with Gasteiger partial charge in [0.05, 0.1) is 16.2 Å². The third-order valence-corrected chi connectivity index (χ3v) is 5.59. The largest absolute Gasteiger partial charge is 0.384 e. The molecule has 1 aromatic carbocycles. The number of nitrogen functional groups attached to an aromatic ring is 1. The van der Waals surface area contributed by atoms with Crippen molar-refractivity contribution in [1.82, 2.24) is 20.3 Å². The zero-order valence-electron chi connectivity index (χ0n) is 17.6. The van der Waals surface area contributed by atoms with Crippen LogP contribution in [0.5, 0.6) is 0 Å². The molecule has 0 bridgehead atoms. The summed E-state index contributed by atoms with van der Waals surface area (Å²) in [4.78, 5) is 25.8. The number of carbonyl (C=O) groups is 1. The van der Waals surface area contributed by atoms with Crippen molar-refractivity contribution in [3.05, 3.63) is 93.3 Å². The highest BCUT2D eigenvalue weighted by molar-refractivity contribution is 6.31. The fourth-order valence-electron chi connectivity index (χ4n) is 3.61. The Morgan fingerprint density at radius 2 is 1.97 bits per heavy atom. The number of nitrogens with one attached hydrogen (secondary N) is 1. The molecule has 0 atom stereocenters. The number of hydrogen-bond donors (Lipinski definition) is 2. The minimum Gasteiger partial charge on any atom is -0.384 e. The van der Waals surface area contributed by atoms with E-state index >= 15 is 0 Å². The SMILES string of the molecule is Cc1cc(N)nc(C)c1CNC(=O)c1ccnc(Cc2nc3cccc(F)c3cc2Cl)c1. The molecule has 0 aliphatic heterocycles. The molecule has 0 unspecified atom stereocenters. The van der Waals surface area contributed by atoms with Crippen molar-refractivity contribution in [2.45, 2.75) is 26.8 Å². The normalized spacial score (nSPS) is 11.0. The number of halogens is 2. The number of fused-ring (bicyclic) bond motifs is 1. The molecule has 0 radical (unpaired) electrons. The van der Waals surface area contributed by atoms with E-state index in [0.717, 1.165) is 16.8 Å². The zero-order chi connectivity index (χ0) is 22.8. The Bertz CT molecular complexity index is 1320. The number of nitrogens with zero attached hydrogens (tertiary/aromatic N) is 3. The molecule has 0 aliphatic carbocycles. The molecule has 32 heavy (non-hydrogen) atoms. The van der Waals surface area contributed by atoms with Crippen LogP contribution < -0.4 is 11.1 Å². The van der Waals surface area contributed by atoms with E-state index in [-0.39, 0.29) is 11.7 Å². The topological polar surface area (TPSA) is 93.8 Å². The van der Waals surface area contributed by atoms with E-state index in [1.165, 1.54) is 6.07 Å². The average molecular weight is 450 g/mol. The Morgan fingerprint density at radius 3 is 2.75 bits per heavy atom. The first kappa shape index (κ1) is 21.6. The van der Waals surface area contributed by atoms with Crippen LogP contribution >= 0.6 is 11.6 Å². The molecule has 0 aliphatic rings. The molecule has 3 N–H and O–H groups in total. The van der Waals surface area contributed by atoms with E-state index in [1.807, 2.05) is 13.8 Å². The molecule has 0 fully saturated rings. The second kappa shape index (κ2) is 8.88. The second-order valence-electron chi connectivity index (χ2n) is 7.55. The molecule has 0 saturated carbocycles. The van der Waals surface area contributed by atoms with Gasteiger partial charge < -0.3 is 11.1 Å². The number of anilines is 1. The molecule has 3 aromatic heterocycles. The Kier molecular flexibility index (Phi) is 6.01. The van der Waals surface area contributed by atoms with Crippen molar-refractivity contribution in [3.8, 4) is 0 Å². The van der Waals surface area contributed by atoms with E-state index in [1.54, 1.807) is 42.6 Å². The number of aromatic nitrogens is 3. The number of pyridine rings is 3. The molecule has 0 saturated heterocycles. The van der Waals surface area contributed by atoms with E-state index in [0.29, 0.717) is 51.7 Å². The van der Waals surface area contributed by atoms with Crippen molar-refractivity contribution < 1.29 is 9.18 Å². The van der Waals surface area contributed by atoms with E-state index < -0.39 is 0 Å². The van der Waals surface area contributed by atoms with Gasteiger partial charge in [0, 0.05) is 41.5 Å². The molecular weight excluding hydrogens is 429 g/mol. The van der Waals surface area contributed by atoms with Crippen LogP contribution in [-0.4, -0.2) is 20.9 Å². The maximum absolute atomic E-state index is 14.0. The van der Waals surface area contributed by atoms with Gasteiger partial charge >= 0.3 is 0 Å². The van der Waals surface area contributed by atoms with E-state index in [4.69, 9.17) is 17.3 Å². The third-order valence-electron chi connectivity index (χ3n) is 5.26. The Hall–Kier alpha value is -3.58. The van der Waals surface area contributed by atoms with E-state index in [2.05, 4.69) is 20.3 Å². The van der Waals surface area contributed by atoms with Crippen molar-refractivity contribution in [2.75, 3.05) is 5.73 Å². The van der Waals surface area contributed by atoms with Gasteiger partial charge in [0.1, 0.15) is 11.6 Å². The number of amides is 1. The second-order valence-corrected chi connectivity index (χ2v) is 7.95. The summed E-state index contributed by atoms with van der Waals surface area (Å²) < 4.78 is 14.0. The van der Waals surface area contributed by atoms with Gasteiger partial charge in [0.25, 0.3) is 5.91 Å². The minimum absolute atomic E-state index is 0.232. The lowest BCUT2D eigenvalue weighted by atomic mass is 10.1. The van der Waals surface area contributed by atoms with Crippen LogP contribution in [0.2, 0.25) is 5.02 Å². The van der Waals surface area contributed by atoms with Crippen LogP contribution in [0, 0.1) is 19.7 Å². The quantitative estimate of drug-likeness (QED) is 0.466. The summed E-state index contributed by atoms with van der Waals surface area (Å²) in [5.74, 6) is -0.150. The van der Waals surface area contributed by atoms with Crippen LogP contribution in [-0.2, 0) is 13.0 Å². The zero-order valence-corrected chi connectivity index (χ0v) is 18.4. The van der Waals surface area contributed by atoms with Gasteiger partial charge in [-0.2, -0.15) is 0 Å². The first-order valence-electron chi connectivity index (χ1n) is 10.0. The number of aryl methyl sites for hydroxylation is 2. The highest BCUT2D eigenvalue weighted by Crippen LogP contribution is 2.25. The van der Waals surface area contributed by atoms with Gasteiger partial charge in [-0.25, -0.2) is 9.37 Å². The van der Waals surface area contributed by atoms with Gasteiger partial charge in [0.2, 0.25) is 0 Å². The standard InChI is InChI=1S/C24H21ClFN5O/c1-13-8-23(27)30-14(2)18(13)12-29-24(32)15-6-7-28-16(9-15)10-22-19(25)11-17-20(26)4-3-5-21(17)31-22/h3-9,11H,10,12H2,1-2H3,(H2,27,30)(H,29,32). The molecule has 6 nitrogen and oxygen atoms in total. The van der Waals surface area contributed by atoms with Crippen LogP contribution in [0.3, 0.4) is 0 Å². The van der Waals surface area contributed by atoms with E-state index in [9.17, 15) is 9.18 Å². The maximum atomic E-state index is 14.0. The summed E-state index contributed by atoms with van der Waals surface area (Å²) in [5, 5.41) is 3.63. The van der Waals surface area contributed by atoms with Crippen molar-refractivity contribution in [3.63, 3.8) is 0 Å². The molecule has 8 heteroatoms. The van der Waals surface area contributed by atoms with Crippen LogP contribution in [0.4, 0.5) is 10.2 Å². The van der Waals surface area contributed by atoms with Gasteiger partial charge in [-0.3, -0.25) is 14.8 Å². The average Bonchev–Trinajstić information content (AvgIpc) is 2.74. The summed E-state index contributed by atoms with van der Waals surface area (Å²) in [7, 11) is 0. The summed E-state index contributed by atoms with van der Waals surface area (Å²) in [6.07, 6.45) is 1.88. The minimum atomic E-state index is -0.373. The van der Waals surface area contributed by atoms with Crippen molar-refractivity contribution in [1.29, 1.82) is 0 Å². The first-order valence-corrected chi connectivity index (χ1v) is 10.4. The number of rotatable bonds is 5. The highest BCUT2D eigenvalue weighted by Gasteiger charge is 2.13. The molecule has 162 valence electrons. The van der Waals surface area contributed by atoms with Gasteiger partial charge in [0.15, 0.2) is 0 Å². The Balaban J connectivity index is 1.52. The Labute approximate surface area is 189 Å². The van der Waals surface area contributed by atoms with Gasteiger partial charge in [-0.05, 0) is 61.4 Å². The van der Waals surface area contributed by atoms with Crippen LogP contribution in [0.15, 0.2) is 48.7 Å². The predicted octanol–water partition coefficient (Wildman–Crippen LogP) is 4.54. The summed E-state index contributed by atoms with van der Waals surface area (Å²) in [6, 6.07) is 11.4. The predicted molar refractivity (Wildman–Crippen MR) is 123 cm³/mol. The number of hydrogen-bond acceptors (Lipinski definition) is 5. The van der Waals surface area contributed by atoms with Gasteiger partial charge in [-0.1, -0.05) is 17.7 Å². The molecule has 4 rings (SSSR count). The lowest BCUT2D eigenvalue weighted by Crippen LogP contribution is -2.24. The van der Waals surface area contributed by atoms with Crippen LogP contribution in [0.25, 0.3) is 10.9 Å². The molecule has 3 heterocycles. The van der Waals surface area contributed by atoms with Gasteiger partial charge in [-0.15, -0.1) is 0 Å². The van der Waals surface area contributed by atoms with Crippen LogP contribution in [0.1, 0.15) is 38.6 Å². The Morgan fingerprint density at radius 1 is 1.16 bits per heavy atom. The molecule has 0 spiro atoms. The molecule has 1 amide bonds. The molecular formula is C24H21ClFN5O. The third kappa shape index (κ3) is 4.53. The highest BCUT2D eigenvalue weighted by atomic mass is 35.5. The van der Waals surface area contributed by atoms with Crippen molar-refractivity contribution >= 4 is 34.2 Å². The van der Waals surface area contributed by atoms with Crippen molar-refractivity contribution in [2.24, 2.45) is 0 Å².